The van der Waals surface area contributed by atoms with Crippen LogP contribution in [0.3, 0.4) is 0 Å². The van der Waals surface area contributed by atoms with E-state index < -0.39 is 0 Å². The molecule has 0 saturated heterocycles. The van der Waals surface area contributed by atoms with Crippen LogP contribution in [0.2, 0.25) is 5.02 Å². The monoisotopic (exact) mass is 215 g/mol. The highest BCUT2D eigenvalue weighted by Gasteiger charge is 2.09. The maximum absolute atomic E-state index is 8.74. The number of rotatable bonds is 4. The predicted octanol–water partition coefficient (Wildman–Crippen LogP) is 1.73. The minimum Gasteiger partial charge on any atom is -0.497 e. The summed E-state index contributed by atoms with van der Waals surface area (Å²) in [6.45, 7) is 0.0591. The van der Waals surface area contributed by atoms with Crippen molar-refractivity contribution in [3.05, 3.63) is 28.8 Å². The molecule has 0 spiro atoms. The molecule has 3 N–H and O–H groups in total. The van der Waals surface area contributed by atoms with Gasteiger partial charge in [0.25, 0.3) is 0 Å². The van der Waals surface area contributed by atoms with Crippen molar-refractivity contribution in [3.8, 4) is 5.75 Å². The lowest BCUT2D eigenvalue weighted by atomic mass is 10.1. The Hall–Kier alpha value is -0.770. The number of aliphatic hydroxyl groups is 1. The normalized spacial score (nSPS) is 12.6. The van der Waals surface area contributed by atoms with Gasteiger partial charge in [0.1, 0.15) is 5.75 Å². The zero-order valence-corrected chi connectivity index (χ0v) is 8.79. The molecule has 0 saturated carbocycles. The molecule has 14 heavy (non-hydrogen) atoms. The fourth-order valence-electron chi connectivity index (χ4n) is 1.23. The molecule has 1 atom stereocenters. The number of aliphatic hydroxyl groups excluding tert-OH is 1. The van der Waals surface area contributed by atoms with Crippen molar-refractivity contribution in [2.75, 3.05) is 13.7 Å². The second-order valence-corrected chi connectivity index (χ2v) is 3.41. The highest BCUT2D eigenvalue weighted by atomic mass is 35.5. The van der Waals surface area contributed by atoms with Crippen molar-refractivity contribution in [3.63, 3.8) is 0 Å². The van der Waals surface area contributed by atoms with E-state index in [4.69, 9.17) is 27.2 Å². The number of methoxy groups -OCH3 is 1. The van der Waals surface area contributed by atoms with Gasteiger partial charge in [-0.05, 0) is 24.1 Å². The number of halogens is 1. The van der Waals surface area contributed by atoms with Crippen LogP contribution in [0, 0.1) is 0 Å². The Bertz CT molecular complexity index is 304. The summed E-state index contributed by atoms with van der Waals surface area (Å²) in [4.78, 5) is 0. The van der Waals surface area contributed by atoms with Crippen LogP contribution in [-0.4, -0.2) is 18.8 Å². The molecule has 0 amide bonds. The summed E-state index contributed by atoms with van der Waals surface area (Å²) in [6, 6.07) is 5.12. The van der Waals surface area contributed by atoms with Gasteiger partial charge in [-0.15, -0.1) is 0 Å². The first-order chi connectivity index (χ1) is 6.69. The number of hydrogen-bond acceptors (Lipinski definition) is 3. The lowest BCUT2D eigenvalue weighted by Gasteiger charge is -2.12. The molecule has 1 aromatic rings. The van der Waals surface area contributed by atoms with Gasteiger partial charge in [0, 0.05) is 17.7 Å². The van der Waals surface area contributed by atoms with E-state index in [1.54, 1.807) is 19.2 Å². The second kappa shape index (κ2) is 5.20. The van der Waals surface area contributed by atoms with Gasteiger partial charge in [0.15, 0.2) is 0 Å². The molecule has 3 nitrogen and oxygen atoms in total. The van der Waals surface area contributed by atoms with Gasteiger partial charge in [-0.1, -0.05) is 17.7 Å². The summed E-state index contributed by atoms with van der Waals surface area (Å²) in [5.74, 6) is 0.704. The van der Waals surface area contributed by atoms with Crippen LogP contribution >= 0.6 is 11.6 Å². The summed E-state index contributed by atoms with van der Waals surface area (Å²) in [6.07, 6.45) is 0.506. The van der Waals surface area contributed by atoms with Crippen LogP contribution in [0.25, 0.3) is 0 Å². The molecule has 1 rings (SSSR count). The Kier molecular flexibility index (Phi) is 4.20. The first-order valence-electron chi connectivity index (χ1n) is 4.39. The van der Waals surface area contributed by atoms with Crippen LogP contribution in [0.1, 0.15) is 18.0 Å². The Morgan fingerprint density at radius 2 is 2.29 bits per heavy atom. The Morgan fingerprint density at radius 3 is 2.79 bits per heavy atom. The van der Waals surface area contributed by atoms with E-state index in [-0.39, 0.29) is 12.6 Å². The van der Waals surface area contributed by atoms with Crippen LogP contribution in [0.5, 0.6) is 5.75 Å². The van der Waals surface area contributed by atoms with Gasteiger partial charge >= 0.3 is 0 Å². The SMILES string of the molecule is COc1ccc(C(N)CCO)c(Cl)c1. The minimum atomic E-state index is -0.224. The number of hydrogen-bond donors (Lipinski definition) is 2. The summed E-state index contributed by atoms with van der Waals surface area (Å²) >= 11 is 6.00. The summed E-state index contributed by atoms with van der Waals surface area (Å²) in [5.41, 5.74) is 6.65. The largest absolute Gasteiger partial charge is 0.497 e. The minimum absolute atomic E-state index is 0.0591. The highest BCUT2D eigenvalue weighted by molar-refractivity contribution is 6.31. The van der Waals surface area contributed by atoms with Crippen molar-refractivity contribution < 1.29 is 9.84 Å². The molecule has 0 aliphatic rings. The van der Waals surface area contributed by atoms with Gasteiger partial charge in [-0.3, -0.25) is 0 Å². The second-order valence-electron chi connectivity index (χ2n) is 3.01. The standard InChI is InChI=1S/C10H14ClNO2/c1-14-7-2-3-8(9(11)6-7)10(12)4-5-13/h2-3,6,10,13H,4-5,12H2,1H3. The van der Waals surface area contributed by atoms with E-state index >= 15 is 0 Å². The third kappa shape index (κ3) is 2.61. The van der Waals surface area contributed by atoms with E-state index in [0.717, 1.165) is 5.56 Å². The van der Waals surface area contributed by atoms with Crippen molar-refractivity contribution in [1.82, 2.24) is 0 Å². The van der Waals surface area contributed by atoms with E-state index in [1.165, 1.54) is 0 Å². The van der Waals surface area contributed by atoms with E-state index in [1.807, 2.05) is 6.07 Å². The summed E-state index contributed by atoms with van der Waals surface area (Å²) in [5, 5.41) is 9.32. The molecule has 78 valence electrons. The smallest absolute Gasteiger partial charge is 0.120 e. The quantitative estimate of drug-likeness (QED) is 0.805. The Balaban J connectivity index is 2.88. The van der Waals surface area contributed by atoms with Crippen LogP contribution < -0.4 is 10.5 Å². The van der Waals surface area contributed by atoms with E-state index in [0.29, 0.717) is 17.2 Å². The molecular formula is C10H14ClNO2. The van der Waals surface area contributed by atoms with Gasteiger partial charge in [0.05, 0.1) is 7.11 Å². The van der Waals surface area contributed by atoms with Gasteiger partial charge < -0.3 is 15.6 Å². The fraction of sp³-hybridized carbons (Fsp3) is 0.400. The summed E-state index contributed by atoms with van der Waals surface area (Å²) in [7, 11) is 1.58. The van der Waals surface area contributed by atoms with Crippen molar-refractivity contribution in [1.29, 1.82) is 0 Å². The van der Waals surface area contributed by atoms with Crippen LogP contribution in [0.4, 0.5) is 0 Å². The fourth-order valence-corrected chi connectivity index (χ4v) is 1.54. The molecule has 1 aromatic carbocycles. The lowest BCUT2D eigenvalue weighted by molar-refractivity contribution is 0.276. The first-order valence-corrected chi connectivity index (χ1v) is 4.76. The Morgan fingerprint density at radius 1 is 1.57 bits per heavy atom. The molecule has 4 heteroatoms. The molecule has 0 fully saturated rings. The third-order valence-electron chi connectivity index (χ3n) is 2.05. The van der Waals surface area contributed by atoms with Crippen molar-refractivity contribution >= 4 is 11.6 Å². The van der Waals surface area contributed by atoms with E-state index in [2.05, 4.69) is 0 Å². The molecule has 0 bridgehead atoms. The van der Waals surface area contributed by atoms with Gasteiger partial charge in [0.2, 0.25) is 0 Å². The molecule has 0 heterocycles. The predicted molar refractivity (Wildman–Crippen MR) is 56.6 cm³/mol. The maximum atomic E-state index is 8.74. The van der Waals surface area contributed by atoms with Crippen LogP contribution in [0.15, 0.2) is 18.2 Å². The topological polar surface area (TPSA) is 55.5 Å². The van der Waals surface area contributed by atoms with E-state index in [9.17, 15) is 0 Å². The highest BCUT2D eigenvalue weighted by Crippen LogP contribution is 2.27. The van der Waals surface area contributed by atoms with Gasteiger partial charge in [-0.2, -0.15) is 0 Å². The number of nitrogens with two attached hydrogens (primary N) is 1. The average Bonchev–Trinajstić information content (AvgIpc) is 2.17. The number of benzene rings is 1. The summed E-state index contributed by atoms with van der Waals surface area (Å²) < 4.78 is 5.02. The van der Waals surface area contributed by atoms with Crippen LogP contribution in [-0.2, 0) is 0 Å². The number of ether oxygens (including phenoxy) is 1. The van der Waals surface area contributed by atoms with Crippen molar-refractivity contribution in [2.45, 2.75) is 12.5 Å². The molecule has 0 radical (unpaired) electrons. The zero-order chi connectivity index (χ0) is 10.6. The Labute approximate surface area is 88.4 Å². The molecule has 1 unspecified atom stereocenters. The third-order valence-corrected chi connectivity index (χ3v) is 2.37. The molecule has 0 aliphatic carbocycles. The molecule has 0 aliphatic heterocycles. The lowest BCUT2D eigenvalue weighted by Crippen LogP contribution is -2.12. The molecule has 0 aromatic heterocycles. The molecular weight excluding hydrogens is 202 g/mol. The van der Waals surface area contributed by atoms with Gasteiger partial charge in [-0.25, -0.2) is 0 Å². The maximum Gasteiger partial charge on any atom is 0.120 e. The zero-order valence-electron chi connectivity index (χ0n) is 8.03. The average molecular weight is 216 g/mol. The van der Waals surface area contributed by atoms with Crippen molar-refractivity contribution in [2.24, 2.45) is 5.73 Å². The first kappa shape index (κ1) is 11.3.